The molecule has 2 rings (SSSR count). The summed E-state index contributed by atoms with van der Waals surface area (Å²) in [6.45, 7) is 4.91. The van der Waals surface area contributed by atoms with E-state index in [0.717, 1.165) is 29.9 Å². The van der Waals surface area contributed by atoms with Crippen LogP contribution >= 0.6 is 0 Å². The van der Waals surface area contributed by atoms with Crippen molar-refractivity contribution in [2.75, 3.05) is 14.2 Å². The highest BCUT2D eigenvalue weighted by Gasteiger charge is 2.19. The highest BCUT2D eigenvalue weighted by Crippen LogP contribution is 2.27. The first kappa shape index (κ1) is 15.5. The van der Waals surface area contributed by atoms with Crippen molar-refractivity contribution in [3.63, 3.8) is 0 Å². The number of hydrogen-bond donors (Lipinski definition) is 1. The van der Waals surface area contributed by atoms with Crippen molar-refractivity contribution >= 4 is 0 Å². The Morgan fingerprint density at radius 2 is 2.10 bits per heavy atom. The van der Waals surface area contributed by atoms with Crippen molar-refractivity contribution in [1.29, 1.82) is 0 Å². The fourth-order valence-electron chi connectivity index (χ4n) is 2.49. The number of nitrogens with zero attached hydrogens (tertiary/aromatic N) is 2. The summed E-state index contributed by atoms with van der Waals surface area (Å²) in [5, 5.41) is 7.80. The number of hydrogen-bond acceptors (Lipinski definition) is 3. The van der Waals surface area contributed by atoms with Crippen LogP contribution in [0, 0.1) is 5.82 Å². The van der Waals surface area contributed by atoms with Gasteiger partial charge in [-0.25, -0.2) is 4.39 Å². The van der Waals surface area contributed by atoms with Gasteiger partial charge in [0.15, 0.2) is 11.6 Å². The first-order valence-electron chi connectivity index (χ1n) is 7.21. The molecule has 1 aromatic heterocycles. The van der Waals surface area contributed by atoms with Gasteiger partial charge in [-0.15, -0.1) is 0 Å². The van der Waals surface area contributed by atoms with Crippen molar-refractivity contribution in [2.24, 2.45) is 0 Å². The molecule has 1 heterocycles. The maximum absolute atomic E-state index is 13.9. The zero-order valence-electron chi connectivity index (χ0n) is 13.0. The molecule has 1 N–H and O–H groups in total. The van der Waals surface area contributed by atoms with E-state index in [1.165, 1.54) is 13.2 Å². The summed E-state index contributed by atoms with van der Waals surface area (Å²) < 4.78 is 20.9. The molecule has 0 radical (unpaired) electrons. The molecule has 1 unspecified atom stereocenters. The molecule has 0 amide bonds. The molecule has 1 atom stereocenters. The Balaban J connectivity index is 2.44. The second-order valence-corrected chi connectivity index (χ2v) is 4.85. The highest BCUT2D eigenvalue weighted by molar-refractivity contribution is 5.35. The molecule has 114 valence electrons. The quantitative estimate of drug-likeness (QED) is 0.889. The number of ether oxygens (including phenoxy) is 1. The molecule has 21 heavy (non-hydrogen) atoms. The molecule has 4 nitrogen and oxygen atoms in total. The minimum absolute atomic E-state index is 0.0989. The van der Waals surface area contributed by atoms with Gasteiger partial charge < -0.3 is 10.1 Å². The Hall–Kier alpha value is -1.88. The van der Waals surface area contributed by atoms with Crippen LogP contribution in [0.5, 0.6) is 5.75 Å². The van der Waals surface area contributed by atoms with Crippen molar-refractivity contribution in [3.8, 4) is 5.75 Å². The number of halogens is 1. The summed E-state index contributed by atoms with van der Waals surface area (Å²) in [6.07, 6.45) is 0.882. The number of aromatic nitrogens is 2. The monoisotopic (exact) mass is 291 g/mol. The summed E-state index contributed by atoms with van der Waals surface area (Å²) >= 11 is 0. The summed E-state index contributed by atoms with van der Waals surface area (Å²) in [5.41, 5.74) is 2.94. The van der Waals surface area contributed by atoms with Gasteiger partial charge in [0.2, 0.25) is 0 Å². The largest absolute Gasteiger partial charge is 0.494 e. The van der Waals surface area contributed by atoms with Gasteiger partial charge in [0.1, 0.15) is 0 Å². The predicted octanol–water partition coefficient (Wildman–Crippen LogP) is 2.92. The summed E-state index contributed by atoms with van der Waals surface area (Å²) in [5.74, 6) is -0.0969. The van der Waals surface area contributed by atoms with Crippen LogP contribution in [0.4, 0.5) is 4.39 Å². The highest BCUT2D eigenvalue weighted by atomic mass is 19.1. The van der Waals surface area contributed by atoms with E-state index >= 15 is 0 Å². The molecule has 5 heteroatoms. The standard InChI is InChI=1S/C16H22FN3O/c1-5-12-10-14(20(6-2)19-12)16(18-3)11-7-8-15(21-4)13(17)9-11/h7-10,16,18H,5-6H2,1-4H3. The zero-order valence-corrected chi connectivity index (χ0v) is 13.0. The average molecular weight is 291 g/mol. The van der Waals surface area contributed by atoms with Crippen LogP contribution < -0.4 is 10.1 Å². The number of nitrogens with one attached hydrogen (secondary N) is 1. The maximum atomic E-state index is 13.9. The number of rotatable bonds is 6. The van der Waals surface area contributed by atoms with E-state index in [-0.39, 0.29) is 17.6 Å². The van der Waals surface area contributed by atoms with Crippen LogP contribution in [0.2, 0.25) is 0 Å². The molecule has 0 aliphatic heterocycles. The molecular weight excluding hydrogens is 269 g/mol. The molecule has 0 bridgehead atoms. The van der Waals surface area contributed by atoms with E-state index in [9.17, 15) is 4.39 Å². The molecule has 0 spiro atoms. The van der Waals surface area contributed by atoms with Crippen molar-refractivity contribution in [1.82, 2.24) is 15.1 Å². The van der Waals surface area contributed by atoms with E-state index in [1.54, 1.807) is 6.07 Å². The molecule has 0 fully saturated rings. The first-order valence-corrected chi connectivity index (χ1v) is 7.21. The number of benzene rings is 1. The van der Waals surface area contributed by atoms with Crippen LogP contribution in [0.1, 0.15) is 36.8 Å². The average Bonchev–Trinajstić information content (AvgIpc) is 2.91. The smallest absolute Gasteiger partial charge is 0.165 e. The van der Waals surface area contributed by atoms with E-state index in [2.05, 4.69) is 30.3 Å². The molecule has 0 saturated carbocycles. The van der Waals surface area contributed by atoms with Crippen LogP contribution in [-0.4, -0.2) is 23.9 Å². The Bertz CT molecular complexity index is 610. The lowest BCUT2D eigenvalue weighted by atomic mass is 10.0. The number of aryl methyl sites for hydroxylation is 2. The maximum Gasteiger partial charge on any atom is 0.165 e. The fourth-order valence-corrected chi connectivity index (χ4v) is 2.49. The molecule has 0 aliphatic carbocycles. The van der Waals surface area contributed by atoms with Gasteiger partial charge in [-0.1, -0.05) is 13.0 Å². The van der Waals surface area contributed by atoms with Gasteiger partial charge >= 0.3 is 0 Å². The Kier molecular flexibility index (Phi) is 4.96. The van der Waals surface area contributed by atoms with Crippen molar-refractivity contribution in [3.05, 3.63) is 47.0 Å². The van der Waals surface area contributed by atoms with Gasteiger partial charge in [0.25, 0.3) is 0 Å². The normalized spacial score (nSPS) is 12.4. The Labute approximate surface area is 124 Å². The minimum atomic E-state index is -0.353. The summed E-state index contributed by atoms with van der Waals surface area (Å²) in [6, 6.07) is 7.02. The molecule has 0 saturated heterocycles. The molecular formula is C16H22FN3O. The Morgan fingerprint density at radius 1 is 1.33 bits per heavy atom. The SMILES string of the molecule is CCc1cc(C(NC)c2ccc(OC)c(F)c2)n(CC)n1. The lowest BCUT2D eigenvalue weighted by molar-refractivity contribution is 0.385. The lowest BCUT2D eigenvalue weighted by Gasteiger charge is -2.18. The number of methoxy groups -OCH3 is 1. The third-order valence-corrected chi connectivity index (χ3v) is 3.62. The van der Waals surface area contributed by atoms with Crippen LogP contribution in [-0.2, 0) is 13.0 Å². The van der Waals surface area contributed by atoms with Gasteiger partial charge in [0, 0.05) is 6.54 Å². The van der Waals surface area contributed by atoms with Crippen LogP contribution in [0.15, 0.2) is 24.3 Å². The van der Waals surface area contributed by atoms with E-state index in [1.807, 2.05) is 17.8 Å². The van der Waals surface area contributed by atoms with Crippen molar-refractivity contribution < 1.29 is 9.13 Å². The summed E-state index contributed by atoms with van der Waals surface area (Å²) in [4.78, 5) is 0. The van der Waals surface area contributed by atoms with E-state index in [4.69, 9.17) is 4.74 Å². The topological polar surface area (TPSA) is 39.1 Å². The predicted molar refractivity (Wildman–Crippen MR) is 81.1 cm³/mol. The second-order valence-electron chi connectivity index (χ2n) is 4.85. The molecule has 2 aromatic rings. The fraction of sp³-hybridized carbons (Fsp3) is 0.438. The zero-order chi connectivity index (χ0) is 15.4. The van der Waals surface area contributed by atoms with E-state index < -0.39 is 0 Å². The summed E-state index contributed by atoms with van der Waals surface area (Å²) in [7, 11) is 3.33. The van der Waals surface area contributed by atoms with Gasteiger partial charge in [-0.2, -0.15) is 5.10 Å². The third kappa shape index (κ3) is 3.08. The lowest BCUT2D eigenvalue weighted by Crippen LogP contribution is -2.21. The second kappa shape index (κ2) is 6.72. The van der Waals surface area contributed by atoms with Gasteiger partial charge in [-0.05, 0) is 44.2 Å². The third-order valence-electron chi connectivity index (χ3n) is 3.62. The molecule has 0 aliphatic rings. The van der Waals surface area contributed by atoms with Gasteiger partial charge in [-0.3, -0.25) is 4.68 Å². The van der Waals surface area contributed by atoms with Crippen molar-refractivity contribution in [2.45, 2.75) is 32.9 Å². The Morgan fingerprint density at radius 3 is 2.62 bits per heavy atom. The van der Waals surface area contributed by atoms with E-state index in [0.29, 0.717) is 0 Å². The minimum Gasteiger partial charge on any atom is -0.494 e. The van der Waals surface area contributed by atoms with Crippen LogP contribution in [0.3, 0.4) is 0 Å². The van der Waals surface area contributed by atoms with Gasteiger partial charge in [0.05, 0.1) is 24.5 Å². The first-order chi connectivity index (χ1) is 10.1. The molecule has 1 aromatic carbocycles. The van der Waals surface area contributed by atoms with Crippen LogP contribution in [0.25, 0.3) is 0 Å².